The molecule has 3 rings (SSSR count). The van der Waals surface area contributed by atoms with Crippen molar-refractivity contribution in [2.75, 3.05) is 5.73 Å². The minimum atomic E-state index is 0.381. The Kier molecular flexibility index (Phi) is 3.11. The fraction of sp³-hybridized carbons (Fsp3) is 0.231. The zero-order valence-corrected chi connectivity index (χ0v) is 12.6. The third-order valence-electron chi connectivity index (χ3n) is 3.19. The molecular formula is C13H13Cl2N5. The maximum absolute atomic E-state index is 6.28. The first-order chi connectivity index (χ1) is 9.52. The van der Waals surface area contributed by atoms with Gasteiger partial charge in [0.1, 0.15) is 5.52 Å². The van der Waals surface area contributed by atoms with Crippen LogP contribution in [-0.2, 0) is 6.54 Å². The molecule has 104 valence electrons. The molecule has 0 aliphatic carbocycles. The van der Waals surface area contributed by atoms with Crippen LogP contribution in [0, 0.1) is 6.92 Å². The van der Waals surface area contributed by atoms with Crippen LogP contribution in [0.5, 0.6) is 0 Å². The van der Waals surface area contributed by atoms with Crippen molar-refractivity contribution in [3.05, 3.63) is 33.9 Å². The van der Waals surface area contributed by atoms with Crippen LogP contribution < -0.4 is 5.73 Å². The van der Waals surface area contributed by atoms with Crippen molar-refractivity contribution in [2.24, 2.45) is 0 Å². The van der Waals surface area contributed by atoms with Crippen molar-refractivity contribution < 1.29 is 0 Å². The van der Waals surface area contributed by atoms with E-state index in [1.807, 2.05) is 24.6 Å². The highest BCUT2D eigenvalue weighted by Gasteiger charge is 2.19. The Bertz CT molecular complexity index is 803. The lowest BCUT2D eigenvalue weighted by molar-refractivity contribution is 0.663. The topological polar surface area (TPSA) is 61.7 Å². The molecule has 0 radical (unpaired) electrons. The monoisotopic (exact) mass is 309 g/mol. The molecule has 0 saturated carbocycles. The van der Waals surface area contributed by atoms with E-state index in [2.05, 4.69) is 10.1 Å². The highest BCUT2D eigenvalue weighted by Crippen LogP contribution is 2.30. The molecule has 0 unspecified atom stereocenters. The molecule has 0 saturated heterocycles. The number of imidazole rings is 1. The lowest BCUT2D eigenvalue weighted by atomic mass is 10.3. The molecule has 20 heavy (non-hydrogen) atoms. The molecule has 7 heteroatoms. The van der Waals surface area contributed by atoms with Gasteiger partial charge in [-0.1, -0.05) is 23.2 Å². The van der Waals surface area contributed by atoms with Gasteiger partial charge < -0.3 is 5.73 Å². The van der Waals surface area contributed by atoms with Crippen LogP contribution >= 0.6 is 23.2 Å². The Labute approximate surface area is 125 Å². The maximum Gasteiger partial charge on any atom is 0.207 e. The SMILES string of the molecule is CCn1nc(C)c2nc(N)n(-c3ccc(Cl)cc3Cl)c21. The number of anilines is 1. The highest BCUT2D eigenvalue weighted by molar-refractivity contribution is 6.35. The van der Waals surface area contributed by atoms with Gasteiger partial charge in [0, 0.05) is 11.6 Å². The second-order valence-corrected chi connectivity index (χ2v) is 5.32. The smallest absolute Gasteiger partial charge is 0.207 e. The van der Waals surface area contributed by atoms with E-state index in [1.54, 1.807) is 16.7 Å². The highest BCUT2D eigenvalue weighted by atomic mass is 35.5. The fourth-order valence-corrected chi connectivity index (χ4v) is 2.80. The van der Waals surface area contributed by atoms with E-state index in [0.29, 0.717) is 16.0 Å². The summed E-state index contributed by atoms with van der Waals surface area (Å²) in [6.45, 7) is 4.65. The van der Waals surface area contributed by atoms with Crippen molar-refractivity contribution in [3.8, 4) is 5.69 Å². The van der Waals surface area contributed by atoms with Gasteiger partial charge in [-0.05, 0) is 32.0 Å². The fourth-order valence-electron chi connectivity index (χ4n) is 2.31. The van der Waals surface area contributed by atoms with Crippen molar-refractivity contribution >= 4 is 40.3 Å². The van der Waals surface area contributed by atoms with E-state index >= 15 is 0 Å². The number of halogens is 2. The van der Waals surface area contributed by atoms with Crippen LogP contribution in [-0.4, -0.2) is 19.3 Å². The van der Waals surface area contributed by atoms with Crippen LogP contribution in [0.25, 0.3) is 16.9 Å². The van der Waals surface area contributed by atoms with E-state index in [-0.39, 0.29) is 0 Å². The Morgan fingerprint density at radius 2 is 2.05 bits per heavy atom. The number of aryl methyl sites for hydroxylation is 2. The number of fused-ring (bicyclic) bond motifs is 1. The lowest BCUT2D eigenvalue weighted by Gasteiger charge is -2.10. The molecule has 0 atom stereocenters. The summed E-state index contributed by atoms with van der Waals surface area (Å²) >= 11 is 12.2. The van der Waals surface area contributed by atoms with Crippen molar-refractivity contribution in [1.29, 1.82) is 0 Å². The van der Waals surface area contributed by atoms with Gasteiger partial charge in [0.05, 0.1) is 16.4 Å². The van der Waals surface area contributed by atoms with Gasteiger partial charge in [-0.25, -0.2) is 9.67 Å². The number of nitrogens with zero attached hydrogens (tertiary/aromatic N) is 4. The van der Waals surface area contributed by atoms with E-state index in [1.165, 1.54) is 0 Å². The minimum Gasteiger partial charge on any atom is -0.369 e. The van der Waals surface area contributed by atoms with Gasteiger partial charge in [-0.2, -0.15) is 5.10 Å². The zero-order valence-electron chi connectivity index (χ0n) is 11.1. The Hall–Kier alpha value is -1.72. The van der Waals surface area contributed by atoms with Crippen LogP contribution in [0.3, 0.4) is 0 Å². The Balaban J connectivity index is 2.38. The van der Waals surface area contributed by atoms with Crippen molar-refractivity contribution in [3.63, 3.8) is 0 Å². The molecule has 0 fully saturated rings. The Morgan fingerprint density at radius 1 is 1.30 bits per heavy atom. The molecule has 0 bridgehead atoms. The quantitative estimate of drug-likeness (QED) is 0.788. The third kappa shape index (κ3) is 1.85. The number of benzene rings is 1. The standard InChI is InChI=1S/C13H13Cl2N5/c1-3-19-12-11(7(2)18-19)17-13(16)20(12)10-5-4-8(14)6-9(10)15/h4-6H,3H2,1-2H3,(H2,16,17). The Morgan fingerprint density at radius 3 is 2.70 bits per heavy atom. The largest absolute Gasteiger partial charge is 0.369 e. The molecule has 2 N–H and O–H groups in total. The first-order valence-corrected chi connectivity index (χ1v) is 6.95. The minimum absolute atomic E-state index is 0.381. The number of nitrogen functional groups attached to an aromatic ring is 1. The molecule has 0 spiro atoms. The molecule has 2 aromatic heterocycles. The van der Waals surface area contributed by atoms with E-state index < -0.39 is 0 Å². The van der Waals surface area contributed by atoms with E-state index in [0.717, 1.165) is 29.1 Å². The van der Waals surface area contributed by atoms with Crippen LogP contribution in [0.15, 0.2) is 18.2 Å². The van der Waals surface area contributed by atoms with Gasteiger partial charge in [0.15, 0.2) is 5.65 Å². The van der Waals surface area contributed by atoms with Gasteiger partial charge in [0.2, 0.25) is 5.95 Å². The normalized spacial score (nSPS) is 11.4. The third-order valence-corrected chi connectivity index (χ3v) is 3.72. The summed E-state index contributed by atoms with van der Waals surface area (Å²) in [6.07, 6.45) is 0. The maximum atomic E-state index is 6.28. The predicted octanol–water partition coefficient (Wildman–Crippen LogP) is 3.44. The molecule has 5 nitrogen and oxygen atoms in total. The summed E-state index contributed by atoms with van der Waals surface area (Å²) in [4.78, 5) is 4.39. The zero-order chi connectivity index (χ0) is 14.4. The first-order valence-electron chi connectivity index (χ1n) is 6.19. The number of nitrogens with two attached hydrogens (primary N) is 1. The van der Waals surface area contributed by atoms with Crippen molar-refractivity contribution in [2.45, 2.75) is 20.4 Å². The van der Waals surface area contributed by atoms with Crippen LogP contribution in [0.4, 0.5) is 5.95 Å². The molecule has 3 aromatic rings. The number of hydrogen-bond donors (Lipinski definition) is 1. The average molecular weight is 310 g/mol. The summed E-state index contributed by atoms with van der Waals surface area (Å²) in [5.41, 5.74) is 9.26. The van der Waals surface area contributed by atoms with Crippen molar-refractivity contribution in [1.82, 2.24) is 19.3 Å². The van der Waals surface area contributed by atoms with Gasteiger partial charge in [-0.15, -0.1) is 0 Å². The molecular weight excluding hydrogens is 297 g/mol. The first kappa shape index (κ1) is 13.3. The average Bonchev–Trinajstić information content (AvgIpc) is 2.88. The molecule has 1 aromatic carbocycles. The van der Waals surface area contributed by atoms with Gasteiger partial charge in [0.25, 0.3) is 0 Å². The van der Waals surface area contributed by atoms with Crippen LogP contribution in [0.1, 0.15) is 12.6 Å². The summed E-state index contributed by atoms with van der Waals surface area (Å²) in [5.74, 6) is 0.381. The molecule has 2 heterocycles. The predicted molar refractivity (Wildman–Crippen MR) is 81.7 cm³/mol. The molecule has 0 amide bonds. The summed E-state index contributed by atoms with van der Waals surface area (Å²) in [7, 11) is 0. The second-order valence-electron chi connectivity index (χ2n) is 4.47. The van der Waals surface area contributed by atoms with Crippen LogP contribution in [0.2, 0.25) is 10.0 Å². The number of aromatic nitrogens is 4. The second kappa shape index (κ2) is 4.68. The van der Waals surface area contributed by atoms with Gasteiger partial charge in [-0.3, -0.25) is 4.57 Å². The lowest BCUT2D eigenvalue weighted by Crippen LogP contribution is -2.07. The van der Waals surface area contributed by atoms with E-state index in [4.69, 9.17) is 28.9 Å². The molecule has 0 aliphatic rings. The van der Waals surface area contributed by atoms with Gasteiger partial charge >= 0.3 is 0 Å². The summed E-state index contributed by atoms with van der Waals surface area (Å²) in [5, 5.41) is 5.55. The number of rotatable bonds is 2. The summed E-state index contributed by atoms with van der Waals surface area (Å²) in [6, 6.07) is 5.28. The molecule has 0 aliphatic heterocycles. The number of hydrogen-bond acceptors (Lipinski definition) is 3. The summed E-state index contributed by atoms with van der Waals surface area (Å²) < 4.78 is 3.66. The van der Waals surface area contributed by atoms with E-state index in [9.17, 15) is 0 Å².